The summed E-state index contributed by atoms with van der Waals surface area (Å²) in [5, 5.41) is 49.8. The summed E-state index contributed by atoms with van der Waals surface area (Å²) in [6.45, 7) is 8.69. The van der Waals surface area contributed by atoms with Gasteiger partial charge in [-0.2, -0.15) is 38.2 Å². The zero-order valence-corrected chi connectivity index (χ0v) is 63.9. The van der Waals surface area contributed by atoms with Gasteiger partial charge < -0.3 is 56.6 Å². The number of ether oxygens (including phenoxy) is 1. The first-order valence-electron chi connectivity index (χ1n) is 35.6. The maximum absolute atomic E-state index is 13.0. The van der Waals surface area contributed by atoms with Crippen LogP contribution >= 0.6 is 0 Å². The molecule has 0 radical (unpaired) electrons. The molecule has 1 aliphatic carbocycles. The highest BCUT2D eigenvalue weighted by molar-refractivity contribution is 7.86. The molecule has 1 unspecified atom stereocenters. The van der Waals surface area contributed by atoms with E-state index in [-0.39, 0.29) is 96.8 Å². The molecule has 2 aliphatic heterocycles. The van der Waals surface area contributed by atoms with E-state index >= 15 is 0 Å². The average Bonchev–Trinajstić information content (AvgIpc) is 1.59. The van der Waals surface area contributed by atoms with E-state index in [9.17, 15) is 106 Å². The Morgan fingerprint density at radius 2 is 1.04 bits per heavy atom. The molecule has 0 saturated heterocycles. The number of allylic oxidation sites excluding steroid dienone is 7. The first kappa shape index (κ1) is 88.0. The Morgan fingerprint density at radius 1 is 0.528 bits per heavy atom. The van der Waals surface area contributed by atoms with Gasteiger partial charge in [0.15, 0.2) is 5.71 Å². The molecule has 36 heteroatoms. The minimum Gasteiger partial charge on any atom is -0.481 e. The van der Waals surface area contributed by atoms with Gasteiger partial charge in [-0.05, 0) is 200 Å². The lowest BCUT2D eigenvalue weighted by Gasteiger charge is -2.27. The maximum atomic E-state index is 13.0. The van der Waals surface area contributed by atoms with E-state index in [4.69, 9.17) is 9.84 Å². The Kier molecular flexibility index (Phi) is 32.1. The normalized spacial score (nSPS) is 16.5. The molecular formula is C72H98N7O25S4+. The summed E-state index contributed by atoms with van der Waals surface area (Å²) < 4.78 is 145. The zero-order chi connectivity index (χ0) is 80.0. The van der Waals surface area contributed by atoms with E-state index < -0.39 is 124 Å². The summed E-state index contributed by atoms with van der Waals surface area (Å²) in [5.41, 5.74) is 3.45. The number of aliphatic carboxylic acids is 4. The van der Waals surface area contributed by atoms with E-state index in [0.717, 1.165) is 5.71 Å². The van der Waals surface area contributed by atoms with Crippen molar-refractivity contribution in [3.63, 3.8) is 0 Å². The number of carboxylic acid groups (broad SMARTS) is 4. The molecule has 2 heterocycles. The van der Waals surface area contributed by atoms with Crippen LogP contribution in [0.4, 0.5) is 16.2 Å². The summed E-state index contributed by atoms with van der Waals surface area (Å²) in [6, 6.07) is 8.57. The van der Waals surface area contributed by atoms with Crippen molar-refractivity contribution in [1.82, 2.24) is 26.6 Å². The molecule has 3 aromatic carbocycles. The molecule has 3 atom stereocenters. The van der Waals surface area contributed by atoms with Crippen molar-refractivity contribution >= 4 is 105 Å². The quantitative estimate of drug-likeness (QED) is 0.0144. The second-order valence-electron chi connectivity index (χ2n) is 27.8. The van der Waals surface area contributed by atoms with Gasteiger partial charge in [0.05, 0.1) is 25.9 Å². The Labute approximate surface area is 628 Å². The highest BCUT2D eigenvalue weighted by Crippen LogP contribution is 2.49. The van der Waals surface area contributed by atoms with Gasteiger partial charge >= 0.3 is 29.9 Å². The number of carboxylic acids is 4. The van der Waals surface area contributed by atoms with Crippen LogP contribution < -0.4 is 36.2 Å². The minimum atomic E-state index is -4.63. The number of nitrogens with zero attached hydrogens (tertiary/aromatic N) is 2. The van der Waals surface area contributed by atoms with Gasteiger partial charge in [0.25, 0.3) is 40.5 Å². The number of hydrogen-bond acceptors (Lipinski definition) is 18. The highest BCUT2D eigenvalue weighted by Gasteiger charge is 2.46. The number of anilines is 1. The predicted molar refractivity (Wildman–Crippen MR) is 395 cm³/mol. The van der Waals surface area contributed by atoms with Gasteiger partial charge in [0.1, 0.15) is 36.2 Å². The summed E-state index contributed by atoms with van der Waals surface area (Å²) in [7, 11) is -18.1. The van der Waals surface area contributed by atoms with Crippen LogP contribution in [0.2, 0.25) is 0 Å². The Balaban J connectivity index is 1.03. The fourth-order valence-corrected chi connectivity index (χ4v) is 15.1. The summed E-state index contributed by atoms with van der Waals surface area (Å²) in [4.78, 5) is 97.2. The number of rotatable bonds is 45. The van der Waals surface area contributed by atoms with Gasteiger partial charge in [-0.15, -0.1) is 0 Å². The molecule has 594 valence electrons. The van der Waals surface area contributed by atoms with Crippen molar-refractivity contribution in [2.45, 2.75) is 219 Å². The third-order valence-electron chi connectivity index (χ3n) is 18.9. The van der Waals surface area contributed by atoms with Crippen molar-refractivity contribution in [3.8, 4) is 5.75 Å². The van der Waals surface area contributed by atoms with Gasteiger partial charge in [-0.3, -0.25) is 37.4 Å². The third-order valence-corrected chi connectivity index (χ3v) is 22.2. The van der Waals surface area contributed by atoms with E-state index in [2.05, 4.69) is 26.6 Å². The van der Waals surface area contributed by atoms with Gasteiger partial charge in [0.2, 0.25) is 23.4 Å². The van der Waals surface area contributed by atoms with E-state index in [1.54, 1.807) is 12.1 Å². The first-order chi connectivity index (χ1) is 50.6. The number of carbonyl (C=O) groups excluding carboxylic acids is 4. The van der Waals surface area contributed by atoms with Crippen molar-refractivity contribution in [2.24, 2.45) is 0 Å². The number of hydrogen-bond donors (Lipinski definition) is 13. The SMILES string of the molecule is CC1(C)C(/C=C/C2=C(Oc3ccc(S(=O)(=O)O)cc3)C(=C/C=C3/N(CCCCS(=O)(=O)O)c4ccc(S(=O)(=O)O)cc4C3(C)C)/CCC2)=[N+](CCCCCC(=O)NCCCCC(NC(=O)CCCCCCC(=O)NCCCC[C@@H](NC(=O)N[C@H](CCC(=O)O)C(=O)O)C(=O)O)C(=O)O)c2ccc(S(=O)(=O)O)cc21. The molecule has 6 rings (SSSR count). The first-order valence-corrected chi connectivity index (χ1v) is 41.5. The second kappa shape index (κ2) is 39.5. The van der Waals surface area contributed by atoms with Gasteiger partial charge in [-0.1, -0.05) is 32.8 Å². The summed E-state index contributed by atoms with van der Waals surface area (Å²) >= 11 is 0. The molecular weight excluding hydrogens is 1490 g/mol. The molecule has 0 aromatic heterocycles. The van der Waals surface area contributed by atoms with Crippen LogP contribution in [0.3, 0.4) is 0 Å². The molecule has 3 aromatic rings. The average molecular weight is 1590 g/mol. The molecule has 5 amide bonds. The molecule has 32 nitrogen and oxygen atoms in total. The monoisotopic (exact) mass is 1590 g/mol. The smallest absolute Gasteiger partial charge is 0.326 e. The fourth-order valence-electron chi connectivity index (χ4n) is 13.1. The lowest BCUT2D eigenvalue weighted by Crippen LogP contribution is -2.51. The Morgan fingerprint density at radius 3 is 1.57 bits per heavy atom. The molecule has 0 bridgehead atoms. The number of amides is 5. The number of benzene rings is 3. The Bertz CT molecular complexity index is 4450. The number of nitrogens with one attached hydrogen (secondary N) is 5. The van der Waals surface area contributed by atoms with Crippen LogP contribution in [0.1, 0.15) is 187 Å². The van der Waals surface area contributed by atoms with Crippen LogP contribution in [-0.4, -0.2) is 180 Å². The largest absolute Gasteiger partial charge is 0.481 e. The summed E-state index contributed by atoms with van der Waals surface area (Å²) in [5.74, 6) is -6.13. The molecule has 3 aliphatic rings. The van der Waals surface area contributed by atoms with Crippen molar-refractivity contribution in [2.75, 3.05) is 36.8 Å². The maximum Gasteiger partial charge on any atom is 0.326 e. The van der Waals surface area contributed by atoms with E-state index in [1.807, 2.05) is 61.5 Å². The van der Waals surface area contributed by atoms with Crippen LogP contribution in [0, 0.1) is 0 Å². The van der Waals surface area contributed by atoms with Crippen molar-refractivity contribution < 1.29 is 120 Å². The fraction of sp³-hybridized carbons (Fsp3) is 0.514. The standard InChI is InChI=1S/C72H97N7O25S4/c1-71(2)53-45-51(107(98,99)100)32-35-58(53)78(42-15-7-10-24-63(81)74-40-13-11-21-55(67(85)86)75-64(82)25-9-6-5-8-23-62(80)73-41-14-12-22-56(68(87)88)76-70(91)77-57(69(89)90)34-39-65(83)84)60(71)37-26-47-19-18-20-48(66(47)104-49-28-30-50(31-29-49)106(95,96)97)27-38-61-72(3,4)54-46-52(108(101,102)103)33-36-59(54)79(61)43-16-17-44-105(92,93)94/h26-33,35-38,45-46,55-57H,5-25,34,39-44H2,1-4H3,(H12-,73,74,75,76,77,80,81,82,83,84,85,86,87,88,89,90,91,92,93,94,95,96,97,98,99,100,101,102,103)/p+1/t55?,56-,57-/m1/s1. The van der Waals surface area contributed by atoms with Crippen LogP contribution in [0.25, 0.3) is 0 Å². The van der Waals surface area contributed by atoms with Crippen molar-refractivity contribution in [3.05, 3.63) is 119 Å². The van der Waals surface area contributed by atoms with Crippen molar-refractivity contribution in [1.29, 1.82) is 0 Å². The minimum absolute atomic E-state index is 0.0327. The third kappa shape index (κ3) is 26.7. The van der Waals surface area contributed by atoms with E-state index in [1.165, 1.54) is 48.5 Å². The van der Waals surface area contributed by atoms with Crippen LogP contribution in [0.15, 0.2) is 122 Å². The molecule has 13 N–H and O–H groups in total. The van der Waals surface area contributed by atoms with Gasteiger partial charge in [-0.25, -0.2) is 19.2 Å². The molecule has 0 saturated carbocycles. The number of unbranched alkanes of at least 4 members (excludes halogenated alkanes) is 8. The number of urea groups is 1. The van der Waals surface area contributed by atoms with Gasteiger partial charge in [0, 0.05) is 86.2 Å². The lowest BCUT2D eigenvalue weighted by molar-refractivity contribution is -0.438. The lowest BCUT2D eigenvalue weighted by atomic mass is 9.81. The molecule has 0 spiro atoms. The topological polar surface area (TPSA) is 511 Å². The molecule has 108 heavy (non-hydrogen) atoms. The van der Waals surface area contributed by atoms with Crippen LogP contribution in [-0.2, 0) is 84.9 Å². The Hall–Kier alpha value is -8.91. The number of fused-ring (bicyclic) bond motifs is 2. The molecule has 0 fully saturated rings. The summed E-state index contributed by atoms with van der Waals surface area (Å²) in [6.07, 6.45) is 14.3. The van der Waals surface area contributed by atoms with E-state index in [0.29, 0.717) is 142 Å². The number of carbonyl (C=O) groups is 8. The second-order valence-corrected chi connectivity index (χ2v) is 33.6. The predicted octanol–water partition coefficient (Wildman–Crippen LogP) is 8.27. The highest BCUT2D eigenvalue weighted by atomic mass is 32.2. The zero-order valence-electron chi connectivity index (χ0n) is 60.7. The van der Waals surface area contributed by atoms with Crippen LogP contribution in [0.5, 0.6) is 5.75 Å².